The highest BCUT2D eigenvalue weighted by Gasteiger charge is 2.51. The zero-order valence-electron chi connectivity index (χ0n) is 18.9. The smallest absolute Gasteiger partial charge is 0.400 e. The summed E-state index contributed by atoms with van der Waals surface area (Å²) in [5, 5.41) is 0.872. The minimum absolute atomic E-state index is 0.0558. The van der Waals surface area contributed by atoms with Gasteiger partial charge in [0, 0.05) is 22.6 Å². The molecule has 0 aliphatic carbocycles. The molecule has 0 atom stereocenters. The molecule has 0 aliphatic heterocycles. The van der Waals surface area contributed by atoms with Crippen molar-refractivity contribution in [3.05, 3.63) is 57.6 Å². The Balaban J connectivity index is 1.95. The second-order valence-electron chi connectivity index (χ2n) is 8.29. The Bertz CT molecular complexity index is 1230. The van der Waals surface area contributed by atoms with E-state index in [4.69, 9.17) is 27.9 Å². The lowest BCUT2D eigenvalue weighted by atomic mass is 9.84. The molecule has 0 saturated carbocycles. The fraction of sp³-hybridized carbons (Fsp3) is 0.333. The molecule has 0 spiro atoms. The number of hydrogen-bond acceptors (Lipinski definition) is 5. The fourth-order valence-corrected chi connectivity index (χ4v) is 3.44. The van der Waals surface area contributed by atoms with Gasteiger partial charge in [0.25, 0.3) is 0 Å². The molecule has 3 aromatic rings. The van der Waals surface area contributed by atoms with E-state index < -0.39 is 17.4 Å². The van der Waals surface area contributed by atoms with Gasteiger partial charge in [-0.05, 0) is 56.5 Å². The summed E-state index contributed by atoms with van der Waals surface area (Å²) >= 11 is 12.6. The number of carbonyl (C=O) groups is 1. The van der Waals surface area contributed by atoms with Gasteiger partial charge in [-0.2, -0.15) is 23.1 Å². The van der Waals surface area contributed by atoms with Crippen LogP contribution < -0.4 is 4.74 Å². The average Bonchev–Trinajstić information content (AvgIpc) is 2.78. The Morgan fingerprint density at radius 2 is 1.65 bits per heavy atom. The number of Topliss-reactive ketones (excluding diaryl/α,β-unsaturated/α-hetero) is 1. The number of methoxy groups -OCH3 is 1. The summed E-state index contributed by atoms with van der Waals surface area (Å²) in [6.07, 6.45) is -4.79. The van der Waals surface area contributed by atoms with Crippen molar-refractivity contribution < 1.29 is 22.7 Å². The van der Waals surface area contributed by atoms with Gasteiger partial charge >= 0.3 is 12.2 Å². The van der Waals surface area contributed by atoms with E-state index in [-0.39, 0.29) is 24.7 Å². The van der Waals surface area contributed by atoms with Gasteiger partial charge in [0.05, 0.1) is 12.1 Å². The number of hydrogen-bond donors (Lipinski definition) is 0. The van der Waals surface area contributed by atoms with Gasteiger partial charge in [0.1, 0.15) is 11.2 Å². The molecule has 0 fully saturated rings. The third-order valence-corrected chi connectivity index (χ3v) is 6.28. The minimum Gasteiger partial charge on any atom is -0.467 e. The molecule has 34 heavy (non-hydrogen) atoms. The summed E-state index contributed by atoms with van der Waals surface area (Å²) in [5.41, 5.74) is 0.163. The highest BCUT2D eigenvalue weighted by atomic mass is 35.5. The summed E-state index contributed by atoms with van der Waals surface area (Å²) in [6, 6.07) is 10.3. The number of ether oxygens (including phenoxy) is 1. The normalized spacial score (nSPS) is 12.0. The number of aryl methyl sites for hydroxylation is 2. The Kier molecular flexibility index (Phi) is 7.53. The topological polar surface area (TPSA) is 65.0 Å². The lowest BCUT2D eigenvalue weighted by Gasteiger charge is -2.26. The van der Waals surface area contributed by atoms with E-state index in [1.54, 1.807) is 24.3 Å². The monoisotopic (exact) mass is 511 g/mol. The van der Waals surface area contributed by atoms with Gasteiger partial charge in [-0.1, -0.05) is 41.4 Å². The number of alkyl halides is 3. The number of aromatic nitrogens is 3. The van der Waals surface area contributed by atoms with Crippen molar-refractivity contribution in [1.29, 1.82) is 0 Å². The van der Waals surface area contributed by atoms with Gasteiger partial charge in [0.2, 0.25) is 0 Å². The van der Waals surface area contributed by atoms with Crippen LogP contribution in [0.25, 0.3) is 22.8 Å². The fourth-order valence-electron chi connectivity index (χ4n) is 3.06. The zero-order valence-corrected chi connectivity index (χ0v) is 20.4. The molecule has 0 aliphatic rings. The maximum atomic E-state index is 13.2. The predicted molar refractivity (Wildman–Crippen MR) is 125 cm³/mol. The molecule has 5 nitrogen and oxygen atoms in total. The summed E-state index contributed by atoms with van der Waals surface area (Å²) < 4.78 is 44.7. The van der Waals surface area contributed by atoms with E-state index in [0.717, 1.165) is 19.4 Å². The van der Waals surface area contributed by atoms with Crippen LogP contribution in [0, 0.1) is 12.3 Å². The Hall–Kier alpha value is -2.71. The first kappa shape index (κ1) is 25.9. The zero-order chi connectivity index (χ0) is 25.3. The molecule has 0 radical (unpaired) electrons. The third-order valence-electron chi connectivity index (χ3n) is 5.55. The molecule has 180 valence electrons. The van der Waals surface area contributed by atoms with Crippen LogP contribution >= 0.6 is 23.2 Å². The van der Waals surface area contributed by atoms with Crippen LogP contribution in [-0.4, -0.2) is 34.0 Å². The highest BCUT2D eigenvalue weighted by molar-refractivity contribution is 6.33. The first-order chi connectivity index (χ1) is 15.8. The van der Waals surface area contributed by atoms with Gasteiger partial charge < -0.3 is 4.74 Å². The summed E-state index contributed by atoms with van der Waals surface area (Å²) in [4.78, 5) is 25.3. The van der Waals surface area contributed by atoms with E-state index in [1.165, 1.54) is 7.11 Å². The van der Waals surface area contributed by atoms with Crippen molar-refractivity contribution >= 4 is 29.0 Å². The van der Waals surface area contributed by atoms with Crippen molar-refractivity contribution in [1.82, 2.24) is 15.0 Å². The summed E-state index contributed by atoms with van der Waals surface area (Å²) in [5.74, 6) is -0.364. The third kappa shape index (κ3) is 5.50. The van der Waals surface area contributed by atoms with Crippen molar-refractivity contribution in [2.24, 2.45) is 5.41 Å². The van der Waals surface area contributed by atoms with Gasteiger partial charge in [0.15, 0.2) is 11.6 Å². The van der Waals surface area contributed by atoms with E-state index in [0.29, 0.717) is 32.6 Å². The minimum atomic E-state index is -4.62. The number of rotatable bonds is 7. The van der Waals surface area contributed by atoms with Gasteiger partial charge in [-0.15, -0.1) is 0 Å². The molecule has 0 N–H and O–H groups in total. The van der Waals surface area contributed by atoms with Gasteiger partial charge in [-0.3, -0.25) is 4.79 Å². The number of ketones is 1. The molecule has 0 unspecified atom stereocenters. The van der Waals surface area contributed by atoms with E-state index in [9.17, 15) is 18.0 Å². The number of carbonyl (C=O) groups excluding carboxylic acids is 1. The summed E-state index contributed by atoms with van der Waals surface area (Å²) in [6.45, 7) is 3.65. The average molecular weight is 512 g/mol. The number of nitrogens with zero attached hydrogens (tertiary/aromatic N) is 3. The van der Waals surface area contributed by atoms with E-state index in [1.807, 2.05) is 19.1 Å². The van der Waals surface area contributed by atoms with Crippen LogP contribution in [0.3, 0.4) is 0 Å². The van der Waals surface area contributed by atoms with Crippen LogP contribution in [-0.2, 0) is 11.2 Å². The Morgan fingerprint density at radius 3 is 2.26 bits per heavy atom. The maximum Gasteiger partial charge on any atom is 0.400 e. The molecule has 0 amide bonds. The van der Waals surface area contributed by atoms with Crippen molar-refractivity contribution in [3.8, 4) is 28.8 Å². The SMILES string of the molecule is COc1nc(-c2ccc(C)c(Cl)c2)nc(-c2cc(CCC(=O)C(C)(C)C(F)(F)F)ccc2Cl)n1. The molecule has 2 aromatic carbocycles. The highest BCUT2D eigenvalue weighted by Crippen LogP contribution is 2.39. The van der Waals surface area contributed by atoms with Crippen molar-refractivity contribution in [3.63, 3.8) is 0 Å². The number of halogens is 5. The standard InChI is InChI=1S/C24H22Cl2F3N3O2/c1-13-5-8-15(12-18(13)26)20-30-21(32-22(31-20)34-4)16-11-14(6-9-17(16)25)7-10-19(33)23(2,3)24(27,28)29/h5-6,8-9,11-12H,7,10H2,1-4H3. The van der Waals surface area contributed by atoms with E-state index in [2.05, 4.69) is 15.0 Å². The second-order valence-corrected chi connectivity index (χ2v) is 9.11. The molecule has 1 heterocycles. The molecule has 3 rings (SSSR count). The van der Waals surface area contributed by atoms with Crippen LogP contribution in [0.1, 0.15) is 31.4 Å². The molecular weight excluding hydrogens is 490 g/mol. The largest absolute Gasteiger partial charge is 0.467 e. The molecule has 0 bridgehead atoms. The van der Waals surface area contributed by atoms with Crippen LogP contribution in [0.15, 0.2) is 36.4 Å². The van der Waals surface area contributed by atoms with Crippen molar-refractivity contribution in [2.45, 2.75) is 39.8 Å². The molecular formula is C24H22Cl2F3N3O2. The summed E-state index contributed by atoms with van der Waals surface area (Å²) in [7, 11) is 1.41. The van der Waals surface area contributed by atoms with Crippen LogP contribution in [0.5, 0.6) is 6.01 Å². The molecule has 0 saturated heterocycles. The van der Waals surface area contributed by atoms with E-state index >= 15 is 0 Å². The first-order valence-corrected chi connectivity index (χ1v) is 11.0. The molecule has 1 aromatic heterocycles. The van der Waals surface area contributed by atoms with Crippen LogP contribution in [0.4, 0.5) is 13.2 Å². The first-order valence-electron chi connectivity index (χ1n) is 10.3. The lowest BCUT2D eigenvalue weighted by Crippen LogP contribution is -2.39. The lowest BCUT2D eigenvalue weighted by molar-refractivity contribution is -0.210. The predicted octanol–water partition coefficient (Wildman–Crippen LogP) is 6.92. The van der Waals surface area contributed by atoms with Crippen molar-refractivity contribution in [2.75, 3.05) is 7.11 Å². The van der Waals surface area contributed by atoms with Gasteiger partial charge in [-0.25, -0.2) is 4.98 Å². The Labute approximate surface area is 205 Å². The second kappa shape index (κ2) is 9.88. The molecule has 10 heteroatoms. The maximum absolute atomic E-state index is 13.2. The quantitative estimate of drug-likeness (QED) is 0.344. The van der Waals surface area contributed by atoms with Crippen LogP contribution in [0.2, 0.25) is 10.0 Å². The Morgan fingerprint density at radius 1 is 0.971 bits per heavy atom. The number of benzene rings is 2.